The zero-order chi connectivity index (χ0) is 15.3. The van der Waals surface area contributed by atoms with Crippen molar-refractivity contribution in [2.45, 2.75) is 20.0 Å². The van der Waals surface area contributed by atoms with Crippen molar-refractivity contribution in [3.05, 3.63) is 52.1 Å². The summed E-state index contributed by atoms with van der Waals surface area (Å²) in [4.78, 5) is 18.8. The molecule has 0 spiro atoms. The van der Waals surface area contributed by atoms with Gasteiger partial charge in [-0.05, 0) is 35.0 Å². The summed E-state index contributed by atoms with van der Waals surface area (Å²) in [6.07, 6.45) is 3.49. The van der Waals surface area contributed by atoms with Crippen LogP contribution in [0.4, 0.5) is 0 Å². The fourth-order valence-corrected chi connectivity index (χ4v) is 3.17. The Hall–Kier alpha value is -2.15. The summed E-state index contributed by atoms with van der Waals surface area (Å²) in [6.45, 7) is 4.24. The molecule has 112 valence electrons. The Labute approximate surface area is 135 Å². The van der Waals surface area contributed by atoms with E-state index in [0.29, 0.717) is 24.4 Å². The van der Waals surface area contributed by atoms with Crippen LogP contribution in [0.3, 0.4) is 0 Å². The van der Waals surface area contributed by atoms with Crippen molar-refractivity contribution in [1.82, 2.24) is 24.1 Å². The molecule has 0 bridgehead atoms. The first-order chi connectivity index (χ1) is 10.6. The van der Waals surface area contributed by atoms with Gasteiger partial charge < -0.3 is 9.47 Å². The normalized spacial score (nSPS) is 14.4. The third-order valence-electron chi connectivity index (χ3n) is 4.02. The van der Waals surface area contributed by atoms with Crippen LogP contribution >= 0.6 is 15.9 Å². The second-order valence-electron chi connectivity index (χ2n) is 5.45. The molecule has 0 unspecified atom stereocenters. The van der Waals surface area contributed by atoms with Crippen LogP contribution in [0.1, 0.15) is 21.9 Å². The van der Waals surface area contributed by atoms with Crippen LogP contribution in [0.15, 0.2) is 35.1 Å². The van der Waals surface area contributed by atoms with E-state index in [1.165, 1.54) is 11.4 Å². The molecule has 1 aliphatic heterocycles. The molecule has 0 radical (unpaired) electrons. The fraction of sp³-hybridized carbons (Fsp3) is 0.267. The Morgan fingerprint density at radius 2 is 2.18 bits per heavy atom. The van der Waals surface area contributed by atoms with Crippen molar-refractivity contribution in [2.24, 2.45) is 0 Å². The van der Waals surface area contributed by atoms with E-state index in [1.807, 2.05) is 4.90 Å². The highest BCUT2D eigenvalue weighted by atomic mass is 79.9. The summed E-state index contributed by atoms with van der Waals surface area (Å²) in [5.74, 6) is -0.0493. The summed E-state index contributed by atoms with van der Waals surface area (Å²) < 4.78 is 4.70. The van der Waals surface area contributed by atoms with Gasteiger partial charge in [0.25, 0.3) is 5.91 Å². The Morgan fingerprint density at radius 1 is 1.32 bits per heavy atom. The molecule has 0 aliphatic carbocycles. The fourth-order valence-electron chi connectivity index (χ4n) is 2.87. The SMILES string of the molecule is Cc1ccc2n1CCN(C(=O)c1cc3ncc(Br)cn3n1)C2. The van der Waals surface area contributed by atoms with Gasteiger partial charge in [-0.2, -0.15) is 5.10 Å². The van der Waals surface area contributed by atoms with Gasteiger partial charge in [-0.25, -0.2) is 9.50 Å². The number of carbonyl (C=O) groups excluding carboxylic acids is 1. The van der Waals surface area contributed by atoms with E-state index >= 15 is 0 Å². The molecule has 6 nitrogen and oxygen atoms in total. The second-order valence-corrected chi connectivity index (χ2v) is 6.36. The van der Waals surface area contributed by atoms with E-state index in [0.717, 1.165) is 11.0 Å². The number of fused-ring (bicyclic) bond motifs is 2. The highest BCUT2D eigenvalue weighted by Gasteiger charge is 2.24. The third-order valence-corrected chi connectivity index (χ3v) is 4.43. The van der Waals surface area contributed by atoms with Crippen molar-refractivity contribution < 1.29 is 4.79 Å². The number of hydrogen-bond acceptors (Lipinski definition) is 3. The van der Waals surface area contributed by atoms with Gasteiger partial charge in [0.2, 0.25) is 0 Å². The molecule has 3 aromatic heterocycles. The van der Waals surface area contributed by atoms with E-state index in [-0.39, 0.29) is 5.91 Å². The maximum atomic E-state index is 12.7. The zero-order valence-electron chi connectivity index (χ0n) is 12.0. The van der Waals surface area contributed by atoms with Crippen LogP contribution < -0.4 is 0 Å². The summed E-state index contributed by atoms with van der Waals surface area (Å²) >= 11 is 3.35. The van der Waals surface area contributed by atoms with Crippen molar-refractivity contribution in [1.29, 1.82) is 0 Å². The molecule has 0 fully saturated rings. The summed E-state index contributed by atoms with van der Waals surface area (Å²) in [5, 5.41) is 4.34. The molecule has 3 aromatic rings. The third kappa shape index (κ3) is 2.12. The van der Waals surface area contributed by atoms with Crippen LogP contribution in [-0.4, -0.2) is 36.5 Å². The van der Waals surface area contributed by atoms with E-state index < -0.39 is 0 Å². The summed E-state index contributed by atoms with van der Waals surface area (Å²) in [6, 6.07) is 5.90. The number of aryl methyl sites for hydroxylation is 1. The number of rotatable bonds is 1. The van der Waals surface area contributed by atoms with E-state index in [4.69, 9.17) is 0 Å². The topological polar surface area (TPSA) is 55.4 Å². The van der Waals surface area contributed by atoms with Crippen LogP contribution in [0.5, 0.6) is 0 Å². The Balaban J connectivity index is 1.63. The van der Waals surface area contributed by atoms with E-state index in [9.17, 15) is 4.79 Å². The summed E-state index contributed by atoms with van der Waals surface area (Å²) in [5.41, 5.74) is 3.51. The van der Waals surface area contributed by atoms with Crippen LogP contribution in [0, 0.1) is 6.92 Å². The molecule has 0 saturated heterocycles. The predicted molar refractivity (Wildman–Crippen MR) is 84.6 cm³/mol. The lowest BCUT2D eigenvalue weighted by Crippen LogP contribution is -2.38. The zero-order valence-corrected chi connectivity index (χ0v) is 13.6. The van der Waals surface area contributed by atoms with Gasteiger partial charge in [0.15, 0.2) is 11.3 Å². The quantitative estimate of drug-likeness (QED) is 0.669. The highest BCUT2D eigenvalue weighted by Crippen LogP contribution is 2.19. The number of halogens is 1. The van der Waals surface area contributed by atoms with Gasteiger partial charge in [0.1, 0.15) is 0 Å². The van der Waals surface area contributed by atoms with Gasteiger partial charge in [-0.3, -0.25) is 4.79 Å². The Bertz CT molecular complexity index is 881. The molecular weight excluding hydrogens is 346 g/mol. The van der Waals surface area contributed by atoms with Crippen molar-refractivity contribution in [3.8, 4) is 0 Å². The molecule has 1 amide bonds. The molecular formula is C15H14BrN5O. The van der Waals surface area contributed by atoms with Crippen LogP contribution in [-0.2, 0) is 13.1 Å². The largest absolute Gasteiger partial charge is 0.345 e. The highest BCUT2D eigenvalue weighted by molar-refractivity contribution is 9.10. The molecule has 0 N–H and O–H groups in total. The van der Waals surface area contributed by atoms with Gasteiger partial charge in [0, 0.05) is 42.9 Å². The molecule has 4 rings (SSSR count). The maximum absolute atomic E-state index is 12.7. The lowest BCUT2D eigenvalue weighted by Gasteiger charge is -2.28. The van der Waals surface area contributed by atoms with Gasteiger partial charge in [0.05, 0.1) is 11.0 Å². The molecule has 1 aliphatic rings. The smallest absolute Gasteiger partial charge is 0.274 e. The van der Waals surface area contributed by atoms with Crippen molar-refractivity contribution in [2.75, 3.05) is 6.54 Å². The average Bonchev–Trinajstić information content (AvgIpc) is 3.09. The van der Waals surface area contributed by atoms with Crippen LogP contribution in [0.2, 0.25) is 0 Å². The maximum Gasteiger partial charge on any atom is 0.274 e. The molecule has 0 aromatic carbocycles. The molecule has 0 saturated carbocycles. The van der Waals surface area contributed by atoms with E-state index in [1.54, 1.807) is 23.0 Å². The van der Waals surface area contributed by atoms with Gasteiger partial charge in [-0.1, -0.05) is 0 Å². The Morgan fingerprint density at radius 3 is 3.05 bits per heavy atom. The number of aromatic nitrogens is 4. The van der Waals surface area contributed by atoms with Crippen molar-refractivity contribution in [3.63, 3.8) is 0 Å². The molecule has 7 heteroatoms. The van der Waals surface area contributed by atoms with Gasteiger partial charge in [-0.15, -0.1) is 0 Å². The number of hydrogen-bond donors (Lipinski definition) is 0. The monoisotopic (exact) mass is 359 g/mol. The van der Waals surface area contributed by atoms with Gasteiger partial charge >= 0.3 is 0 Å². The number of carbonyl (C=O) groups is 1. The van der Waals surface area contributed by atoms with Crippen LogP contribution in [0.25, 0.3) is 5.65 Å². The average molecular weight is 360 g/mol. The molecule has 4 heterocycles. The summed E-state index contributed by atoms with van der Waals surface area (Å²) in [7, 11) is 0. The second kappa shape index (κ2) is 4.95. The predicted octanol–water partition coefficient (Wildman–Crippen LogP) is 2.26. The van der Waals surface area contributed by atoms with Crippen molar-refractivity contribution >= 4 is 27.5 Å². The minimum absolute atomic E-state index is 0.0493. The minimum Gasteiger partial charge on any atom is -0.345 e. The number of nitrogens with zero attached hydrogens (tertiary/aromatic N) is 5. The molecule has 0 atom stereocenters. The minimum atomic E-state index is -0.0493. The number of amides is 1. The lowest BCUT2D eigenvalue weighted by molar-refractivity contribution is 0.0704. The van der Waals surface area contributed by atoms with E-state index in [2.05, 4.69) is 49.6 Å². The first-order valence-corrected chi connectivity index (χ1v) is 7.86. The lowest BCUT2D eigenvalue weighted by atomic mass is 10.2. The Kier molecular flexibility index (Phi) is 3.04. The standard InChI is InChI=1S/C15H14BrN5O/c1-10-2-3-12-9-19(4-5-20(10)12)15(22)13-6-14-17-7-11(16)8-21(14)18-13/h2-3,6-8H,4-5,9H2,1H3. The first kappa shape index (κ1) is 13.5. The molecule has 22 heavy (non-hydrogen) atoms. The first-order valence-electron chi connectivity index (χ1n) is 7.07.